The summed E-state index contributed by atoms with van der Waals surface area (Å²) in [5.41, 5.74) is 2.89. The summed E-state index contributed by atoms with van der Waals surface area (Å²) in [6.07, 6.45) is 3.73. The fourth-order valence-corrected chi connectivity index (χ4v) is 3.19. The van der Waals surface area contributed by atoms with Crippen LogP contribution in [0.3, 0.4) is 0 Å². The third-order valence-corrected chi connectivity index (χ3v) is 4.60. The van der Waals surface area contributed by atoms with E-state index in [-0.39, 0.29) is 6.04 Å². The minimum absolute atomic E-state index is 0.242. The number of rotatable bonds is 4. The van der Waals surface area contributed by atoms with E-state index < -0.39 is 0 Å². The Balaban J connectivity index is 1.57. The molecule has 26 heavy (non-hydrogen) atoms. The molecule has 0 bridgehead atoms. The fourth-order valence-electron chi connectivity index (χ4n) is 3.19. The molecule has 0 saturated carbocycles. The second-order valence-electron chi connectivity index (χ2n) is 6.82. The lowest BCUT2D eigenvalue weighted by atomic mass is 10.3. The van der Waals surface area contributed by atoms with Crippen LogP contribution in [-0.2, 0) is 0 Å². The molecule has 1 aliphatic heterocycles. The quantitative estimate of drug-likeness (QED) is 0.745. The first kappa shape index (κ1) is 16.7. The molecular weight excluding hydrogens is 328 g/mol. The van der Waals surface area contributed by atoms with Gasteiger partial charge in [-0.2, -0.15) is 10.1 Å². The van der Waals surface area contributed by atoms with Crippen molar-refractivity contribution in [2.75, 3.05) is 36.4 Å². The maximum atomic E-state index is 4.64. The molecule has 8 heteroatoms. The van der Waals surface area contributed by atoms with Gasteiger partial charge in [-0.15, -0.1) is 0 Å². The summed E-state index contributed by atoms with van der Waals surface area (Å²) in [5, 5.41) is 12.0. The lowest BCUT2D eigenvalue weighted by molar-refractivity contribution is 0.546. The number of fused-ring (bicyclic) bond motifs is 1. The fraction of sp³-hybridized carbons (Fsp3) is 0.444. The number of nitrogens with one attached hydrogen (secondary N) is 2. The second-order valence-corrected chi connectivity index (χ2v) is 6.82. The van der Waals surface area contributed by atoms with Crippen LogP contribution in [0.4, 0.5) is 17.5 Å². The van der Waals surface area contributed by atoms with E-state index in [2.05, 4.69) is 55.5 Å². The van der Waals surface area contributed by atoms with Crippen LogP contribution in [0.2, 0.25) is 0 Å². The van der Waals surface area contributed by atoms with Crippen molar-refractivity contribution in [3.8, 4) is 0 Å². The first-order valence-electron chi connectivity index (χ1n) is 9.02. The molecular formula is C18H24N8. The van der Waals surface area contributed by atoms with Crippen LogP contribution in [0, 0.1) is 6.92 Å². The van der Waals surface area contributed by atoms with Gasteiger partial charge in [-0.3, -0.25) is 0 Å². The Bertz CT molecular complexity index is 893. The van der Waals surface area contributed by atoms with Crippen LogP contribution in [0.15, 0.2) is 24.5 Å². The summed E-state index contributed by atoms with van der Waals surface area (Å²) in [6, 6.07) is 4.30. The topological polar surface area (TPSA) is 83.8 Å². The minimum Gasteiger partial charge on any atom is -0.368 e. The third-order valence-electron chi connectivity index (χ3n) is 4.60. The molecule has 3 aromatic heterocycles. The van der Waals surface area contributed by atoms with Crippen LogP contribution in [0.25, 0.3) is 11.0 Å². The normalized spacial score (nSPS) is 15.0. The lowest BCUT2D eigenvalue weighted by Gasteiger charge is -2.29. The highest BCUT2D eigenvalue weighted by Gasteiger charge is 2.13. The SMILES string of the molecule is Cc1nc(Nc2ccc(N3CCNCC3)cn2)nc2c1cnn2C(C)C. The molecule has 3 aromatic rings. The van der Waals surface area contributed by atoms with E-state index in [0.717, 1.165) is 54.4 Å². The second kappa shape index (κ2) is 6.87. The van der Waals surface area contributed by atoms with Crippen molar-refractivity contribution >= 4 is 28.5 Å². The molecule has 1 fully saturated rings. The Kier molecular flexibility index (Phi) is 4.42. The van der Waals surface area contributed by atoms with Gasteiger partial charge < -0.3 is 15.5 Å². The number of anilines is 3. The van der Waals surface area contributed by atoms with Crippen molar-refractivity contribution in [2.24, 2.45) is 0 Å². The van der Waals surface area contributed by atoms with E-state index >= 15 is 0 Å². The molecule has 2 N–H and O–H groups in total. The van der Waals surface area contributed by atoms with Crippen molar-refractivity contribution in [3.05, 3.63) is 30.2 Å². The van der Waals surface area contributed by atoms with Gasteiger partial charge in [-0.25, -0.2) is 14.6 Å². The van der Waals surface area contributed by atoms with Crippen molar-refractivity contribution in [3.63, 3.8) is 0 Å². The smallest absolute Gasteiger partial charge is 0.230 e. The maximum Gasteiger partial charge on any atom is 0.230 e. The summed E-state index contributed by atoms with van der Waals surface area (Å²) >= 11 is 0. The van der Waals surface area contributed by atoms with Gasteiger partial charge in [-0.05, 0) is 32.9 Å². The highest BCUT2D eigenvalue weighted by atomic mass is 15.3. The molecule has 0 aliphatic carbocycles. The molecule has 0 aromatic carbocycles. The zero-order chi connectivity index (χ0) is 18.1. The Morgan fingerprint density at radius 2 is 1.92 bits per heavy atom. The summed E-state index contributed by atoms with van der Waals surface area (Å²) in [7, 11) is 0. The molecule has 4 heterocycles. The van der Waals surface area contributed by atoms with Crippen LogP contribution in [0.5, 0.6) is 0 Å². The largest absolute Gasteiger partial charge is 0.368 e. The number of nitrogens with zero attached hydrogens (tertiary/aromatic N) is 6. The lowest BCUT2D eigenvalue weighted by Crippen LogP contribution is -2.43. The minimum atomic E-state index is 0.242. The molecule has 0 radical (unpaired) electrons. The van der Waals surface area contributed by atoms with Crippen molar-refractivity contribution in [1.82, 2.24) is 30.0 Å². The average Bonchev–Trinajstić information content (AvgIpc) is 3.08. The van der Waals surface area contributed by atoms with Gasteiger partial charge in [0.2, 0.25) is 5.95 Å². The Labute approximate surface area is 152 Å². The third kappa shape index (κ3) is 3.20. The Hall–Kier alpha value is -2.74. The number of piperazine rings is 1. The predicted octanol–water partition coefficient (Wildman–Crippen LogP) is 2.26. The van der Waals surface area contributed by atoms with Gasteiger partial charge in [0.1, 0.15) is 5.82 Å². The van der Waals surface area contributed by atoms with Gasteiger partial charge in [0, 0.05) is 32.2 Å². The van der Waals surface area contributed by atoms with E-state index in [4.69, 9.17) is 0 Å². The molecule has 0 spiro atoms. The number of hydrogen-bond donors (Lipinski definition) is 2. The summed E-state index contributed by atoms with van der Waals surface area (Å²) in [4.78, 5) is 16.1. The number of aromatic nitrogens is 5. The molecule has 1 saturated heterocycles. The van der Waals surface area contributed by atoms with Gasteiger partial charge in [0.15, 0.2) is 5.65 Å². The molecule has 0 amide bonds. The van der Waals surface area contributed by atoms with Gasteiger partial charge in [-0.1, -0.05) is 0 Å². The van der Waals surface area contributed by atoms with Gasteiger partial charge in [0.05, 0.1) is 29.2 Å². The molecule has 0 atom stereocenters. The predicted molar refractivity (Wildman–Crippen MR) is 103 cm³/mol. The molecule has 136 valence electrons. The molecule has 1 aliphatic rings. The van der Waals surface area contributed by atoms with Crippen molar-refractivity contribution in [2.45, 2.75) is 26.8 Å². The van der Waals surface area contributed by atoms with Crippen LogP contribution in [0.1, 0.15) is 25.6 Å². The van der Waals surface area contributed by atoms with Crippen molar-refractivity contribution < 1.29 is 0 Å². The van der Waals surface area contributed by atoms with E-state index in [9.17, 15) is 0 Å². The van der Waals surface area contributed by atoms with Crippen LogP contribution in [-0.4, -0.2) is 50.9 Å². The number of pyridine rings is 1. The first-order chi connectivity index (χ1) is 12.6. The summed E-state index contributed by atoms with van der Waals surface area (Å²) in [5.74, 6) is 1.28. The highest BCUT2D eigenvalue weighted by Crippen LogP contribution is 2.22. The summed E-state index contributed by atoms with van der Waals surface area (Å²) in [6.45, 7) is 10.2. The maximum absolute atomic E-state index is 4.64. The first-order valence-corrected chi connectivity index (χ1v) is 9.02. The zero-order valence-corrected chi connectivity index (χ0v) is 15.4. The average molecular weight is 352 g/mol. The van der Waals surface area contributed by atoms with E-state index in [1.165, 1.54) is 0 Å². The van der Waals surface area contributed by atoms with E-state index in [1.807, 2.05) is 30.1 Å². The zero-order valence-electron chi connectivity index (χ0n) is 15.4. The van der Waals surface area contributed by atoms with Crippen LogP contribution < -0.4 is 15.5 Å². The van der Waals surface area contributed by atoms with E-state index in [1.54, 1.807) is 0 Å². The molecule has 0 unspecified atom stereocenters. The Morgan fingerprint density at radius 3 is 2.62 bits per heavy atom. The standard InChI is InChI=1S/C18H24N8/c1-12(2)26-17-15(11-21-26)13(3)22-18(24-17)23-16-5-4-14(10-20-16)25-8-6-19-7-9-25/h4-5,10-12,19H,6-9H2,1-3H3,(H,20,22,23,24). The van der Waals surface area contributed by atoms with Gasteiger partial charge >= 0.3 is 0 Å². The highest BCUT2D eigenvalue weighted by molar-refractivity contribution is 5.78. The monoisotopic (exact) mass is 352 g/mol. The number of aryl methyl sites for hydroxylation is 1. The van der Waals surface area contributed by atoms with Crippen LogP contribution >= 0.6 is 0 Å². The Morgan fingerprint density at radius 1 is 1.12 bits per heavy atom. The van der Waals surface area contributed by atoms with Crippen molar-refractivity contribution in [1.29, 1.82) is 0 Å². The molecule has 4 rings (SSSR count). The summed E-state index contributed by atoms with van der Waals surface area (Å²) < 4.78 is 1.91. The number of hydrogen-bond acceptors (Lipinski definition) is 7. The van der Waals surface area contributed by atoms with Gasteiger partial charge in [0.25, 0.3) is 0 Å². The van der Waals surface area contributed by atoms with E-state index in [0.29, 0.717) is 5.95 Å². The molecule has 8 nitrogen and oxygen atoms in total.